The fourth-order valence-corrected chi connectivity index (χ4v) is 4.05. The second-order valence-electron chi connectivity index (χ2n) is 6.60. The molecule has 0 heteroatoms. The van der Waals surface area contributed by atoms with Crippen LogP contribution >= 0.6 is 0 Å². The van der Waals surface area contributed by atoms with E-state index >= 15 is 0 Å². The zero-order valence-electron chi connectivity index (χ0n) is 12.6. The quantitative estimate of drug-likeness (QED) is 0.674. The first-order chi connectivity index (χ1) is 9.67. The van der Waals surface area contributed by atoms with Crippen molar-refractivity contribution in [3.63, 3.8) is 0 Å². The van der Waals surface area contributed by atoms with Crippen molar-refractivity contribution in [1.29, 1.82) is 0 Å². The Morgan fingerprint density at radius 2 is 0.950 bits per heavy atom. The van der Waals surface area contributed by atoms with E-state index in [4.69, 9.17) is 0 Å². The Morgan fingerprint density at radius 1 is 0.600 bits per heavy atom. The van der Waals surface area contributed by atoms with Crippen LogP contribution in [0.3, 0.4) is 0 Å². The van der Waals surface area contributed by atoms with Crippen molar-refractivity contribution in [2.24, 2.45) is 0 Å². The highest BCUT2D eigenvalue weighted by Gasteiger charge is 2.47. The maximum atomic E-state index is 2.47. The summed E-state index contributed by atoms with van der Waals surface area (Å²) in [5, 5.41) is 0. The SMILES string of the molecule is CC1(c2ccccc2)CCCCC1(C)c1ccccc1. The van der Waals surface area contributed by atoms with Gasteiger partial charge in [0.15, 0.2) is 0 Å². The fraction of sp³-hybridized carbons (Fsp3) is 0.400. The Bertz CT molecular complexity index is 504. The van der Waals surface area contributed by atoms with Gasteiger partial charge < -0.3 is 0 Å². The first kappa shape index (κ1) is 13.4. The van der Waals surface area contributed by atoms with E-state index in [1.165, 1.54) is 36.8 Å². The van der Waals surface area contributed by atoms with Crippen LogP contribution in [-0.2, 0) is 10.8 Å². The molecule has 1 saturated carbocycles. The molecule has 20 heavy (non-hydrogen) atoms. The van der Waals surface area contributed by atoms with E-state index in [-0.39, 0.29) is 10.8 Å². The van der Waals surface area contributed by atoms with Gasteiger partial charge in [-0.1, -0.05) is 87.4 Å². The standard InChI is InChI=1S/C20H24/c1-19(17-11-5-3-6-12-17)15-9-10-16-20(19,2)18-13-7-4-8-14-18/h3-8,11-14H,9-10,15-16H2,1-2H3. The number of rotatable bonds is 2. The molecule has 2 aromatic carbocycles. The smallest absolute Gasteiger partial charge is 0.00189 e. The van der Waals surface area contributed by atoms with Crippen molar-refractivity contribution >= 4 is 0 Å². The molecule has 2 atom stereocenters. The summed E-state index contributed by atoms with van der Waals surface area (Å²) >= 11 is 0. The van der Waals surface area contributed by atoms with Crippen LogP contribution in [-0.4, -0.2) is 0 Å². The topological polar surface area (TPSA) is 0 Å². The van der Waals surface area contributed by atoms with E-state index in [0.29, 0.717) is 0 Å². The lowest BCUT2D eigenvalue weighted by molar-refractivity contribution is 0.171. The average molecular weight is 264 g/mol. The summed E-state index contributed by atoms with van der Waals surface area (Å²) in [6, 6.07) is 22.2. The van der Waals surface area contributed by atoms with Crippen molar-refractivity contribution in [2.45, 2.75) is 50.4 Å². The van der Waals surface area contributed by atoms with Gasteiger partial charge >= 0.3 is 0 Å². The molecule has 0 spiro atoms. The molecule has 1 aliphatic rings. The van der Waals surface area contributed by atoms with Crippen LogP contribution in [0.5, 0.6) is 0 Å². The summed E-state index contributed by atoms with van der Waals surface area (Å²) in [5.41, 5.74) is 3.44. The summed E-state index contributed by atoms with van der Waals surface area (Å²) < 4.78 is 0. The van der Waals surface area contributed by atoms with Crippen LogP contribution in [0.2, 0.25) is 0 Å². The number of benzene rings is 2. The summed E-state index contributed by atoms with van der Waals surface area (Å²) in [7, 11) is 0. The van der Waals surface area contributed by atoms with Crippen molar-refractivity contribution in [1.82, 2.24) is 0 Å². The van der Waals surface area contributed by atoms with E-state index in [1.54, 1.807) is 0 Å². The summed E-state index contributed by atoms with van der Waals surface area (Å²) in [4.78, 5) is 0. The highest BCUT2D eigenvalue weighted by atomic mass is 14.5. The van der Waals surface area contributed by atoms with E-state index in [0.717, 1.165) is 0 Å². The molecule has 0 amide bonds. The molecule has 3 rings (SSSR count). The Balaban J connectivity index is 2.12. The Labute approximate surface area is 122 Å². The maximum Gasteiger partial charge on any atom is 0.00189 e. The first-order valence-electron chi connectivity index (χ1n) is 7.78. The second kappa shape index (κ2) is 5.09. The van der Waals surface area contributed by atoms with Crippen molar-refractivity contribution < 1.29 is 0 Å². The minimum absolute atomic E-state index is 0.230. The van der Waals surface area contributed by atoms with Crippen molar-refractivity contribution in [2.75, 3.05) is 0 Å². The molecule has 0 radical (unpaired) electrons. The lowest BCUT2D eigenvalue weighted by Crippen LogP contribution is -2.47. The molecule has 0 bridgehead atoms. The molecule has 0 aromatic heterocycles. The lowest BCUT2D eigenvalue weighted by atomic mass is 9.52. The van der Waals surface area contributed by atoms with Gasteiger partial charge in [-0.2, -0.15) is 0 Å². The molecular formula is C20H24. The molecular weight excluding hydrogens is 240 g/mol. The Morgan fingerprint density at radius 3 is 1.30 bits per heavy atom. The predicted molar refractivity (Wildman–Crippen MR) is 86.1 cm³/mol. The van der Waals surface area contributed by atoms with Gasteiger partial charge in [-0.15, -0.1) is 0 Å². The van der Waals surface area contributed by atoms with Crippen LogP contribution in [0.15, 0.2) is 60.7 Å². The van der Waals surface area contributed by atoms with Gasteiger partial charge in [-0.05, 0) is 24.0 Å². The van der Waals surface area contributed by atoms with Crippen LogP contribution in [0.1, 0.15) is 50.7 Å². The van der Waals surface area contributed by atoms with Crippen molar-refractivity contribution in [3.8, 4) is 0 Å². The van der Waals surface area contributed by atoms with Gasteiger partial charge in [0.1, 0.15) is 0 Å². The van der Waals surface area contributed by atoms with E-state index in [9.17, 15) is 0 Å². The molecule has 0 N–H and O–H groups in total. The minimum atomic E-state index is 0.230. The van der Waals surface area contributed by atoms with Gasteiger partial charge in [0.05, 0.1) is 0 Å². The zero-order valence-corrected chi connectivity index (χ0v) is 12.6. The van der Waals surface area contributed by atoms with Crippen LogP contribution < -0.4 is 0 Å². The van der Waals surface area contributed by atoms with Gasteiger partial charge in [-0.3, -0.25) is 0 Å². The lowest BCUT2D eigenvalue weighted by Gasteiger charge is -2.51. The highest BCUT2D eigenvalue weighted by molar-refractivity contribution is 5.38. The second-order valence-corrected chi connectivity index (χ2v) is 6.60. The third-order valence-corrected chi connectivity index (χ3v) is 5.64. The van der Waals surface area contributed by atoms with Crippen LogP contribution in [0, 0.1) is 0 Å². The summed E-state index contributed by atoms with van der Waals surface area (Å²) in [6.45, 7) is 4.93. The summed E-state index contributed by atoms with van der Waals surface area (Å²) in [5.74, 6) is 0. The number of hydrogen-bond acceptors (Lipinski definition) is 0. The number of hydrogen-bond donors (Lipinski definition) is 0. The van der Waals surface area contributed by atoms with E-state index in [1.807, 2.05) is 0 Å². The van der Waals surface area contributed by atoms with Gasteiger partial charge in [0, 0.05) is 10.8 Å². The van der Waals surface area contributed by atoms with Crippen LogP contribution in [0.4, 0.5) is 0 Å². The minimum Gasteiger partial charge on any atom is -0.0622 e. The third kappa shape index (κ3) is 1.98. The molecule has 1 aliphatic carbocycles. The maximum absolute atomic E-state index is 2.47. The molecule has 0 saturated heterocycles. The van der Waals surface area contributed by atoms with Gasteiger partial charge in [0.2, 0.25) is 0 Å². The van der Waals surface area contributed by atoms with Crippen molar-refractivity contribution in [3.05, 3.63) is 71.8 Å². The monoisotopic (exact) mass is 264 g/mol. The Kier molecular flexibility index (Phi) is 3.41. The Hall–Kier alpha value is -1.56. The van der Waals surface area contributed by atoms with E-state index in [2.05, 4.69) is 74.5 Å². The molecule has 2 unspecified atom stereocenters. The molecule has 0 aliphatic heterocycles. The largest absolute Gasteiger partial charge is 0.0622 e. The zero-order chi connectivity index (χ0) is 14.1. The molecule has 104 valence electrons. The molecule has 2 aromatic rings. The molecule has 1 fully saturated rings. The normalized spacial score (nSPS) is 30.1. The highest BCUT2D eigenvalue weighted by Crippen LogP contribution is 2.53. The molecule has 0 heterocycles. The van der Waals surface area contributed by atoms with Gasteiger partial charge in [0.25, 0.3) is 0 Å². The molecule has 0 nitrogen and oxygen atoms in total. The predicted octanol–water partition coefficient (Wildman–Crippen LogP) is 5.48. The first-order valence-corrected chi connectivity index (χ1v) is 7.78. The van der Waals surface area contributed by atoms with E-state index < -0.39 is 0 Å². The average Bonchev–Trinajstić information content (AvgIpc) is 2.52. The summed E-state index contributed by atoms with van der Waals surface area (Å²) in [6.07, 6.45) is 5.24. The van der Waals surface area contributed by atoms with Gasteiger partial charge in [-0.25, -0.2) is 0 Å². The van der Waals surface area contributed by atoms with Crippen LogP contribution in [0.25, 0.3) is 0 Å². The fourth-order valence-electron chi connectivity index (χ4n) is 4.05. The third-order valence-electron chi connectivity index (χ3n) is 5.64.